The van der Waals surface area contributed by atoms with Gasteiger partial charge in [-0.15, -0.1) is 0 Å². The molecule has 1 aliphatic rings. The second-order valence-corrected chi connectivity index (χ2v) is 7.96. The van der Waals surface area contributed by atoms with Crippen molar-refractivity contribution in [3.05, 3.63) is 84.7 Å². The first kappa shape index (κ1) is 24.3. The fraction of sp³-hybridized carbons (Fsp3) is 0.286. The largest absolute Gasteiger partial charge is 0.356 e. The summed E-state index contributed by atoms with van der Waals surface area (Å²) in [6, 6.07) is 9.69. The van der Waals surface area contributed by atoms with Crippen LogP contribution in [-0.2, 0) is 0 Å². The summed E-state index contributed by atoms with van der Waals surface area (Å²) in [7, 11) is 0. The summed E-state index contributed by atoms with van der Waals surface area (Å²) in [4.78, 5) is 11.8. The second-order valence-electron chi connectivity index (χ2n) is 7.96. The molecule has 0 aliphatic carbocycles. The SMILES string of the molecule is C=C/C(=C\C=C/C)c1nc(N2CCCC2)c2cc(-c3cccc(F)c3F)ccc2n1.CCC. The quantitative estimate of drug-likeness (QED) is 0.375. The molecule has 0 saturated carbocycles. The molecule has 1 aromatic heterocycles. The average molecular weight is 448 g/mol. The minimum atomic E-state index is -0.858. The van der Waals surface area contributed by atoms with Gasteiger partial charge in [-0.3, -0.25) is 0 Å². The van der Waals surface area contributed by atoms with Gasteiger partial charge in [-0.05, 0) is 43.5 Å². The lowest BCUT2D eigenvalue weighted by Crippen LogP contribution is -2.20. The molecule has 4 rings (SSSR count). The Balaban J connectivity index is 0.000000968. The molecule has 0 spiro atoms. The van der Waals surface area contributed by atoms with Crippen molar-refractivity contribution in [2.24, 2.45) is 0 Å². The third kappa shape index (κ3) is 5.54. The van der Waals surface area contributed by atoms with Crippen molar-refractivity contribution < 1.29 is 8.78 Å². The van der Waals surface area contributed by atoms with Gasteiger partial charge in [0.05, 0.1) is 5.52 Å². The molecule has 1 fully saturated rings. The third-order valence-corrected chi connectivity index (χ3v) is 5.29. The van der Waals surface area contributed by atoms with Crippen LogP contribution in [0.2, 0.25) is 0 Å². The molecule has 0 amide bonds. The van der Waals surface area contributed by atoms with Crippen molar-refractivity contribution in [3.63, 3.8) is 0 Å². The highest BCUT2D eigenvalue weighted by Gasteiger charge is 2.20. The number of allylic oxidation sites excluding steroid dienone is 5. The van der Waals surface area contributed by atoms with Crippen molar-refractivity contribution in [3.8, 4) is 11.1 Å². The molecule has 2 aromatic carbocycles. The average Bonchev–Trinajstić information content (AvgIpc) is 3.36. The predicted molar refractivity (Wildman–Crippen MR) is 135 cm³/mol. The van der Waals surface area contributed by atoms with Crippen LogP contribution in [0.4, 0.5) is 14.6 Å². The van der Waals surface area contributed by atoms with Crippen LogP contribution in [0.25, 0.3) is 27.6 Å². The number of fused-ring (bicyclic) bond motifs is 1. The van der Waals surface area contributed by atoms with Crippen LogP contribution in [0.1, 0.15) is 45.9 Å². The fourth-order valence-corrected chi connectivity index (χ4v) is 3.74. The van der Waals surface area contributed by atoms with Crippen LogP contribution < -0.4 is 4.90 Å². The molecule has 172 valence electrons. The van der Waals surface area contributed by atoms with E-state index in [4.69, 9.17) is 9.97 Å². The van der Waals surface area contributed by atoms with E-state index in [1.54, 1.807) is 18.2 Å². The molecule has 33 heavy (non-hydrogen) atoms. The minimum Gasteiger partial charge on any atom is -0.356 e. The van der Waals surface area contributed by atoms with Crippen molar-refractivity contribution >= 4 is 22.3 Å². The maximum Gasteiger partial charge on any atom is 0.166 e. The Morgan fingerprint density at radius 1 is 1.09 bits per heavy atom. The molecule has 5 heteroatoms. The lowest BCUT2D eigenvalue weighted by Gasteiger charge is -2.20. The van der Waals surface area contributed by atoms with E-state index in [9.17, 15) is 8.78 Å². The minimum absolute atomic E-state index is 0.230. The number of hydrogen-bond donors (Lipinski definition) is 0. The molecule has 0 N–H and O–H groups in total. The molecule has 2 heterocycles. The maximum absolute atomic E-state index is 14.4. The lowest BCUT2D eigenvalue weighted by atomic mass is 10.0. The highest BCUT2D eigenvalue weighted by atomic mass is 19.2. The Morgan fingerprint density at radius 3 is 2.48 bits per heavy atom. The first-order valence-corrected chi connectivity index (χ1v) is 11.5. The van der Waals surface area contributed by atoms with Gasteiger partial charge >= 0.3 is 0 Å². The van der Waals surface area contributed by atoms with Gasteiger partial charge in [-0.25, -0.2) is 18.7 Å². The van der Waals surface area contributed by atoms with Gasteiger partial charge in [0, 0.05) is 29.6 Å². The molecule has 0 bridgehead atoms. The van der Waals surface area contributed by atoms with Gasteiger partial charge in [0.25, 0.3) is 0 Å². The summed E-state index contributed by atoms with van der Waals surface area (Å²) < 4.78 is 28.1. The van der Waals surface area contributed by atoms with Crippen molar-refractivity contribution in [1.29, 1.82) is 0 Å². The number of rotatable bonds is 5. The molecule has 0 unspecified atom stereocenters. The fourth-order valence-electron chi connectivity index (χ4n) is 3.74. The highest BCUT2D eigenvalue weighted by molar-refractivity contribution is 5.94. The first-order valence-electron chi connectivity index (χ1n) is 11.5. The number of benzene rings is 2. The molecule has 3 nitrogen and oxygen atoms in total. The Labute approximate surface area is 195 Å². The van der Waals surface area contributed by atoms with Crippen molar-refractivity contribution in [2.45, 2.75) is 40.0 Å². The van der Waals surface area contributed by atoms with Gasteiger partial charge in [-0.1, -0.05) is 69.4 Å². The second kappa shape index (κ2) is 11.5. The zero-order chi connectivity index (χ0) is 23.8. The lowest BCUT2D eigenvalue weighted by molar-refractivity contribution is 0.511. The Bertz CT molecular complexity index is 1180. The van der Waals surface area contributed by atoms with Gasteiger partial charge in [-0.2, -0.15) is 0 Å². The van der Waals surface area contributed by atoms with E-state index in [1.807, 2.05) is 37.3 Å². The van der Waals surface area contributed by atoms with Crippen LogP contribution in [0.5, 0.6) is 0 Å². The Kier molecular flexibility index (Phi) is 8.47. The number of anilines is 1. The Morgan fingerprint density at radius 2 is 1.82 bits per heavy atom. The van der Waals surface area contributed by atoms with Crippen LogP contribution in [0.3, 0.4) is 0 Å². The molecule has 1 saturated heterocycles. The topological polar surface area (TPSA) is 29.0 Å². The van der Waals surface area contributed by atoms with Crippen LogP contribution in [-0.4, -0.2) is 23.1 Å². The van der Waals surface area contributed by atoms with E-state index in [0.29, 0.717) is 11.4 Å². The number of aromatic nitrogens is 2. The summed E-state index contributed by atoms with van der Waals surface area (Å²) >= 11 is 0. The highest BCUT2D eigenvalue weighted by Crippen LogP contribution is 2.33. The van der Waals surface area contributed by atoms with Crippen molar-refractivity contribution in [1.82, 2.24) is 9.97 Å². The van der Waals surface area contributed by atoms with E-state index < -0.39 is 11.6 Å². The van der Waals surface area contributed by atoms with Crippen LogP contribution in [0, 0.1) is 11.6 Å². The smallest absolute Gasteiger partial charge is 0.166 e. The first-order chi connectivity index (χ1) is 16.0. The maximum atomic E-state index is 14.4. The molecular weight excluding hydrogens is 416 g/mol. The molecular formula is C28H31F2N3. The van der Waals surface area contributed by atoms with Gasteiger partial charge < -0.3 is 4.90 Å². The third-order valence-electron chi connectivity index (χ3n) is 5.29. The van der Waals surface area contributed by atoms with Crippen molar-refractivity contribution in [2.75, 3.05) is 18.0 Å². The summed E-state index contributed by atoms with van der Waals surface area (Å²) in [6.45, 7) is 11.9. The van der Waals surface area contributed by atoms with E-state index in [-0.39, 0.29) is 5.56 Å². The molecule has 1 aliphatic heterocycles. The molecule has 0 atom stereocenters. The predicted octanol–water partition coefficient (Wildman–Crippen LogP) is 7.74. The van der Waals surface area contributed by atoms with E-state index in [1.165, 1.54) is 12.5 Å². The standard InChI is InChI=1S/C25H23F2N3.C3H8/c1-3-5-9-17(4-2)24-28-22-13-12-18(19-10-8-11-21(26)23(19)27)16-20(22)25(29-24)30-14-6-7-15-30;1-3-2/h3-5,8-13,16H,2,6-7,14-15H2,1H3;3H2,1-2H3/b5-3-,17-9+;. The summed E-state index contributed by atoms with van der Waals surface area (Å²) in [5.41, 5.74) is 2.42. The molecule has 3 aromatic rings. The zero-order valence-corrected chi connectivity index (χ0v) is 19.6. The summed E-state index contributed by atoms with van der Waals surface area (Å²) in [5, 5.41) is 0.830. The van der Waals surface area contributed by atoms with E-state index in [0.717, 1.165) is 54.3 Å². The monoisotopic (exact) mass is 447 g/mol. The van der Waals surface area contributed by atoms with Crippen LogP contribution >= 0.6 is 0 Å². The number of nitrogens with zero attached hydrogens (tertiary/aromatic N) is 3. The normalized spacial score (nSPS) is 14.0. The zero-order valence-electron chi connectivity index (χ0n) is 19.6. The molecule has 0 radical (unpaired) electrons. The number of hydrogen-bond acceptors (Lipinski definition) is 3. The summed E-state index contributed by atoms with van der Waals surface area (Å²) in [6.07, 6.45) is 11.0. The van der Waals surface area contributed by atoms with Gasteiger partial charge in [0.1, 0.15) is 5.82 Å². The van der Waals surface area contributed by atoms with Gasteiger partial charge in [0.15, 0.2) is 17.5 Å². The van der Waals surface area contributed by atoms with E-state index in [2.05, 4.69) is 25.3 Å². The van der Waals surface area contributed by atoms with Gasteiger partial charge in [0.2, 0.25) is 0 Å². The summed E-state index contributed by atoms with van der Waals surface area (Å²) in [5.74, 6) is -0.286. The van der Waals surface area contributed by atoms with Crippen LogP contribution in [0.15, 0.2) is 67.3 Å². The van der Waals surface area contributed by atoms with E-state index >= 15 is 0 Å². The Hall–Kier alpha value is -3.34. The number of halogens is 2.